The molecule has 5 saturated carbocycles. The second kappa shape index (κ2) is 11.8. The number of hydrogen-bond acceptors (Lipinski definition) is 5. The Bertz CT molecular complexity index is 1190. The van der Waals surface area contributed by atoms with Gasteiger partial charge < -0.3 is 14.6 Å². The second-order valence-corrected chi connectivity index (χ2v) is 18.5. The van der Waals surface area contributed by atoms with Gasteiger partial charge in [0.05, 0.1) is 12.8 Å². The Morgan fingerprint density at radius 1 is 0.867 bits per heavy atom. The molecule has 5 aliphatic carbocycles. The highest BCUT2D eigenvalue weighted by Gasteiger charge is 2.71. The second-order valence-electron chi connectivity index (χ2n) is 18.5. The van der Waals surface area contributed by atoms with Crippen LogP contribution in [0.4, 0.5) is 0 Å². The van der Waals surface area contributed by atoms with Crippen molar-refractivity contribution in [1.29, 1.82) is 0 Å². The van der Waals surface area contributed by atoms with Crippen LogP contribution in [0.15, 0.2) is 24.8 Å². The molecule has 0 amide bonds. The minimum Gasteiger partial charge on any atom is -0.462 e. The molecule has 254 valence electrons. The van der Waals surface area contributed by atoms with Gasteiger partial charge in [-0.15, -0.1) is 0 Å². The smallest absolute Gasteiger partial charge is 0.306 e. The molecule has 0 spiro atoms. The highest BCUT2D eigenvalue weighted by atomic mass is 16.5. The van der Waals surface area contributed by atoms with Crippen molar-refractivity contribution in [2.45, 2.75) is 139 Å². The van der Waals surface area contributed by atoms with Crippen molar-refractivity contribution in [1.82, 2.24) is 0 Å². The average Bonchev–Trinajstić information content (AvgIpc) is 3.34. The van der Waals surface area contributed by atoms with Crippen LogP contribution in [-0.4, -0.2) is 36.4 Å². The largest absolute Gasteiger partial charge is 0.462 e. The minimum absolute atomic E-state index is 0.0858. The molecule has 5 aliphatic rings. The molecular formula is C40H64O5. The Morgan fingerprint density at radius 2 is 1.56 bits per heavy atom. The van der Waals surface area contributed by atoms with Gasteiger partial charge in [0.15, 0.2) is 0 Å². The summed E-state index contributed by atoms with van der Waals surface area (Å²) in [6.07, 6.45) is 13.5. The van der Waals surface area contributed by atoms with Crippen LogP contribution < -0.4 is 0 Å². The average molecular weight is 625 g/mol. The minimum atomic E-state index is -0.528. The van der Waals surface area contributed by atoms with Crippen molar-refractivity contribution >= 4 is 11.9 Å². The van der Waals surface area contributed by atoms with Gasteiger partial charge in [0.2, 0.25) is 0 Å². The van der Waals surface area contributed by atoms with Gasteiger partial charge in [0.25, 0.3) is 0 Å². The van der Waals surface area contributed by atoms with Crippen LogP contribution in [0.3, 0.4) is 0 Å². The molecule has 5 heteroatoms. The van der Waals surface area contributed by atoms with Crippen molar-refractivity contribution in [3.8, 4) is 0 Å². The van der Waals surface area contributed by atoms with Crippen LogP contribution in [0.2, 0.25) is 0 Å². The predicted molar refractivity (Wildman–Crippen MR) is 180 cm³/mol. The quantitative estimate of drug-likeness (QED) is 0.205. The van der Waals surface area contributed by atoms with Gasteiger partial charge in [-0.05, 0) is 128 Å². The molecule has 0 radical (unpaired) electrons. The number of carbonyl (C=O) groups is 2. The standard InChI is InChI=1S/C40H64O5/c1-11-22-44-32(42)23-35(4,5)24-33(43)45-31-16-17-37(8)29(36(31,6)7)15-18-39(10)30(37)13-12-28-34-27(26(2)3)14-19-40(34,25-41)21-20-38(28,39)9/h11,27-31,34,41H,1-2,12-25H2,3-10H3/t27-,28+,29-,30+,31-,34+,37-,38+,39+,40+/m0/s1. The highest BCUT2D eigenvalue weighted by molar-refractivity contribution is 5.74. The SMILES string of the molecule is C=CCOC(=O)CC(C)(C)CC(=O)O[C@H]1CC[C@]2(C)[C@H]3CC[C@@H]4[C@H]5[C@H](C(=C)C)CC[C@]5(CO)CC[C@@]4(C)[C@]3(C)CC[C@H]2C1(C)C. The Hall–Kier alpha value is -1.62. The maximum atomic E-state index is 13.3. The summed E-state index contributed by atoms with van der Waals surface area (Å²) in [5.74, 6) is 2.37. The molecule has 5 nitrogen and oxygen atoms in total. The molecule has 0 aromatic rings. The van der Waals surface area contributed by atoms with E-state index in [2.05, 4.69) is 54.7 Å². The first-order valence-electron chi connectivity index (χ1n) is 18.1. The number of esters is 2. The van der Waals surface area contributed by atoms with E-state index in [0.717, 1.165) is 25.7 Å². The summed E-state index contributed by atoms with van der Waals surface area (Å²) in [5, 5.41) is 10.8. The third kappa shape index (κ3) is 5.47. The van der Waals surface area contributed by atoms with Crippen LogP contribution in [-0.2, 0) is 19.1 Å². The van der Waals surface area contributed by atoms with Crippen LogP contribution in [0, 0.1) is 62.1 Å². The van der Waals surface area contributed by atoms with Crippen molar-refractivity contribution in [2.24, 2.45) is 62.1 Å². The number of fused-ring (bicyclic) bond motifs is 7. The van der Waals surface area contributed by atoms with Gasteiger partial charge in [-0.25, -0.2) is 0 Å². The number of allylic oxidation sites excluding steroid dienone is 1. The third-order valence-corrected chi connectivity index (χ3v) is 15.4. The molecule has 0 heterocycles. The van der Waals surface area contributed by atoms with E-state index in [4.69, 9.17) is 9.47 Å². The lowest BCUT2D eigenvalue weighted by molar-refractivity contribution is -0.251. The molecule has 0 unspecified atom stereocenters. The Balaban J connectivity index is 1.33. The summed E-state index contributed by atoms with van der Waals surface area (Å²) < 4.78 is 11.5. The number of ether oxygens (including phenoxy) is 2. The molecule has 0 saturated heterocycles. The van der Waals surface area contributed by atoms with E-state index in [-0.39, 0.29) is 64.6 Å². The summed E-state index contributed by atoms with van der Waals surface area (Å²) in [6, 6.07) is 0. The normalized spacial score (nSPS) is 43.6. The summed E-state index contributed by atoms with van der Waals surface area (Å²) >= 11 is 0. The molecule has 45 heavy (non-hydrogen) atoms. The third-order valence-electron chi connectivity index (χ3n) is 15.4. The van der Waals surface area contributed by atoms with Gasteiger partial charge in [-0.3, -0.25) is 9.59 Å². The van der Waals surface area contributed by atoms with Crippen LogP contribution in [0.25, 0.3) is 0 Å². The maximum Gasteiger partial charge on any atom is 0.306 e. The summed E-state index contributed by atoms with van der Waals surface area (Å²) in [7, 11) is 0. The van der Waals surface area contributed by atoms with Gasteiger partial charge in [0, 0.05) is 12.0 Å². The Kier molecular flexibility index (Phi) is 9.11. The number of aliphatic hydroxyl groups excluding tert-OH is 1. The molecule has 0 aliphatic heterocycles. The van der Waals surface area contributed by atoms with Gasteiger partial charge in [-0.1, -0.05) is 73.3 Å². The monoisotopic (exact) mass is 624 g/mol. The predicted octanol–water partition coefficient (Wildman–Crippen LogP) is 9.08. The van der Waals surface area contributed by atoms with Crippen LogP contribution in [0.1, 0.15) is 132 Å². The topological polar surface area (TPSA) is 72.8 Å². The highest BCUT2D eigenvalue weighted by Crippen LogP contribution is 2.77. The first-order chi connectivity index (χ1) is 20.9. The van der Waals surface area contributed by atoms with Crippen LogP contribution >= 0.6 is 0 Å². The zero-order valence-electron chi connectivity index (χ0n) is 29.9. The zero-order valence-corrected chi connectivity index (χ0v) is 29.9. The van der Waals surface area contributed by atoms with Crippen molar-refractivity contribution in [3.63, 3.8) is 0 Å². The van der Waals surface area contributed by atoms with E-state index < -0.39 is 5.41 Å². The molecule has 1 N–H and O–H groups in total. The fraction of sp³-hybridized carbons (Fsp3) is 0.850. The molecule has 10 atom stereocenters. The summed E-state index contributed by atoms with van der Waals surface area (Å²) in [4.78, 5) is 25.6. The van der Waals surface area contributed by atoms with E-state index >= 15 is 0 Å². The van der Waals surface area contributed by atoms with E-state index in [1.54, 1.807) is 6.08 Å². The van der Waals surface area contributed by atoms with Gasteiger partial charge in [-0.2, -0.15) is 0 Å². The molecule has 5 rings (SSSR count). The lowest BCUT2D eigenvalue weighted by Gasteiger charge is -2.73. The molecular weight excluding hydrogens is 560 g/mol. The Morgan fingerprint density at radius 3 is 2.20 bits per heavy atom. The molecule has 0 aromatic heterocycles. The first kappa shape index (κ1) is 34.7. The lowest BCUT2D eigenvalue weighted by Crippen LogP contribution is -2.67. The lowest BCUT2D eigenvalue weighted by atomic mass is 9.32. The fourth-order valence-electron chi connectivity index (χ4n) is 13.0. The van der Waals surface area contributed by atoms with Crippen LogP contribution in [0.5, 0.6) is 0 Å². The van der Waals surface area contributed by atoms with Crippen molar-refractivity contribution in [2.75, 3.05) is 13.2 Å². The summed E-state index contributed by atoms with van der Waals surface area (Å²) in [5.41, 5.74) is 1.49. The summed E-state index contributed by atoms with van der Waals surface area (Å²) in [6.45, 7) is 27.3. The zero-order chi connectivity index (χ0) is 33.2. The molecule has 0 bridgehead atoms. The van der Waals surface area contributed by atoms with Crippen molar-refractivity contribution in [3.05, 3.63) is 24.8 Å². The fourth-order valence-corrected chi connectivity index (χ4v) is 13.0. The van der Waals surface area contributed by atoms with E-state index in [1.165, 1.54) is 44.1 Å². The first-order valence-corrected chi connectivity index (χ1v) is 18.1. The van der Waals surface area contributed by atoms with E-state index in [9.17, 15) is 14.7 Å². The van der Waals surface area contributed by atoms with E-state index in [0.29, 0.717) is 36.2 Å². The Labute approximate surface area is 274 Å². The van der Waals surface area contributed by atoms with Gasteiger partial charge >= 0.3 is 11.9 Å². The number of rotatable bonds is 9. The maximum absolute atomic E-state index is 13.3. The number of aliphatic hydroxyl groups is 1. The van der Waals surface area contributed by atoms with Crippen molar-refractivity contribution < 1.29 is 24.2 Å². The van der Waals surface area contributed by atoms with Gasteiger partial charge in [0.1, 0.15) is 12.7 Å². The number of carbonyl (C=O) groups excluding carboxylic acids is 2. The molecule has 5 fully saturated rings. The number of hydrogen-bond donors (Lipinski definition) is 1. The molecule has 0 aromatic carbocycles. The van der Waals surface area contributed by atoms with E-state index in [1.807, 2.05) is 13.8 Å².